The number of halogens is 1. The fraction of sp³-hybridized carbons (Fsp3) is 0.583. The summed E-state index contributed by atoms with van der Waals surface area (Å²) in [6.07, 6.45) is 1.80. The first kappa shape index (κ1) is 13.8. The summed E-state index contributed by atoms with van der Waals surface area (Å²) in [6, 6.07) is 3.59. The van der Waals surface area contributed by atoms with Gasteiger partial charge in [0.25, 0.3) is 0 Å². The summed E-state index contributed by atoms with van der Waals surface area (Å²) in [5.74, 6) is -0.263. The van der Waals surface area contributed by atoms with E-state index in [4.69, 9.17) is 23.1 Å². The SMILES string of the molecule is CC(N)C(c1ccc(Cl)s1)N1CCCC1C(N)=O. The maximum Gasteiger partial charge on any atom is 0.234 e. The molecule has 1 aromatic heterocycles. The van der Waals surface area contributed by atoms with Crippen molar-refractivity contribution >= 4 is 28.8 Å². The Morgan fingerprint density at radius 2 is 2.33 bits per heavy atom. The third kappa shape index (κ3) is 2.69. The van der Waals surface area contributed by atoms with Gasteiger partial charge in [-0.25, -0.2) is 0 Å². The number of likely N-dealkylation sites (tertiary alicyclic amines) is 1. The molecule has 1 saturated heterocycles. The lowest BCUT2D eigenvalue weighted by Crippen LogP contribution is -2.47. The molecule has 1 aliphatic heterocycles. The highest BCUT2D eigenvalue weighted by Crippen LogP contribution is 2.36. The molecule has 1 fully saturated rings. The first-order valence-corrected chi connectivity index (χ1v) is 7.26. The molecule has 1 aromatic rings. The maximum atomic E-state index is 11.5. The Labute approximate surface area is 116 Å². The lowest BCUT2D eigenvalue weighted by atomic mass is 10.1. The van der Waals surface area contributed by atoms with Crippen molar-refractivity contribution < 1.29 is 4.79 Å². The largest absolute Gasteiger partial charge is 0.368 e. The molecule has 0 aromatic carbocycles. The van der Waals surface area contributed by atoms with Crippen molar-refractivity contribution in [3.63, 3.8) is 0 Å². The van der Waals surface area contributed by atoms with Crippen LogP contribution in [0.1, 0.15) is 30.7 Å². The van der Waals surface area contributed by atoms with Gasteiger partial charge >= 0.3 is 0 Å². The van der Waals surface area contributed by atoms with E-state index in [9.17, 15) is 4.79 Å². The van der Waals surface area contributed by atoms with Gasteiger partial charge in [0.2, 0.25) is 5.91 Å². The van der Waals surface area contributed by atoms with Gasteiger partial charge in [-0.3, -0.25) is 9.69 Å². The smallest absolute Gasteiger partial charge is 0.234 e. The van der Waals surface area contributed by atoms with Crippen molar-refractivity contribution in [3.05, 3.63) is 21.3 Å². The number of carbonyl (C=O) groups excluding carboxylic acids is 1. The lowest BCUT2D eigenvalue weighted by Gasteiger charge is -2.33. The molecule has 2 heterocycles. The zero-order chi connectivity index (χ0) is 13.3. The van der Waals surface area contributed by atoms with Crippen molar-refractivity contribution in [2.45, 2.75) is 37.9 Å². The third-order valence-corrected chi connectivity index (χ3v) is 4.67. The quantitative estimate of drug-likeness (QED) is 0.886. The number of amides is 1. The average molecular weight is 288 g/mol. The number of nitrogens with zero attached hydrogens (tertiary/aromatic N) is 1. The van der Waals surface area contributed by atoms with E-state index in [0.29, 0.717) is 0 Å². The van der Waals surface area contributed by atoms with Crippen LogP contribution in [0.4, 0.5) is 0 Å². The molecule has 1 amide bonds. The molecule has 0 bridgehead atoms. The lowest BCUT2D eigenvalue weighted by molar-refractivity contribution is -0.123. The summed E-state index contributed by atoms with van der Waals surface area (Å²) >= 11 is 7.50. The molecular formula is C12H18ClN3OS. The van der Waals surface area contributed by atoms with Crippen LogP contribution in [0.15, 0.2) is 12.1 Å². The summed E-state index contributed by atoms with van der Waals surface area (Å²) in [5, 5.41) is 0. The Morgan fingerprint density at radius 1 is 1.61 bits per heavy atom. The number of primary amides is 1. The first-order chi connectivity index (χ1) is 8.50. The van der Waals surface area contributed by atoms with Crippen molar-refractivity contribution in [2.75, 3.05) is 6.54 Å². The van der Waals surface area contributed by atoms with Gasteiger partial charge in [0, 0.05) is 10.9 Å². The average Bonchev–Trinajstić information content (AvgIpc) is 2.88. The first-order valence-electron chi connectivity index (χ1n) is 6.06. The Bertz CT molecular complexity index is 435. The zero-order valence-electron chi connectivity index (χ0n) is 10.3. The number of hydrogen-bond donors (Lipinski definition) is 2. The second-order valence-corrected chi connectivity index (χ2v) is 6.49. The zero-order valence-corrected chi connectivity index (χ0v) is 11.9. The molecule has 0 spiro atoms. The normalized spacial score (nSPS) is 24.1. The highest BCUT2D eigenvalue weighted by Gasteiger charge is 2.37. The minimum absolute atomic E-state index is 0.0162. The minimum Gasteiger partial charge on any atom is -0.368 e. The van der Waals surface area contributed by atoms with Crippen LogP contribution in [-0.2, 0) is 4.79 Å². The van der Waals surface area contributed by atoms with Crippen molar-refractivity contribution in [1.29, 1.82) is 0 Å². The Balaban J connectivity index is 2.28. The molecule has 3 atom stereocenters. The monoisotopic (exact) mass is 287 g/mol. The number of thiophene rings is 1. The van der Waals surface area contributed by atoms with Crippen LogP contribution in [-0.4, -0.2) is 29.4 Å². The van der Waals surface area contributed by atoms with Gasteiger partial charge in [-0.05, 0) is 38.4 Å². The van der Waals surface area contributed by atoms with Crippen molar-refractivity contribution in [3.8, 4) is 0 Å². The van der Waals surface area contributed by atoms with Gasteiger partial charge in [0.15, 0.2) is 0 Å². The number of rotatable bonds is 4. The molecule has 0 saturated carbocycles. The second-order valence-electron chi connectivity index (χ2n) is 4.74. The maximum absolute atomic E-state index is 11.5. The van der Waals surface area contributed by atoms with Crippen LogP contribution in [0.25, 0.3) is 0 Å². The minimum atomic E-state index is -0.263. The Kier molecular flexibility index (Phi) is 4.27. The molecule has 18 heavy (non-hydrogen) atoms. The van der Waals surface area contributed by atoms with Gasteiger partial charge in [0.05, 0.1) is 16.4 Å². The third-order valence-electron chi connectivity index (χ3n) is 3.36. The van der Waals surface area contributed by atoms with E-state index < -0.39 is 0 Å². The van der Waals surface area contributed by atoms with Crippen molar-refractivity contribution in [1.82, 2.24) is 4.90 Å². The summed E-state index contributed by atoms with van der Waals surface area (Å²) in [6.45, 7) is 2.81. The number of carbonyl (C=O) groups is 1. The molecule has 6 heteroatoms. The fourth-order valence-corrected chi connectivity index (χ4v) is 3.94. The van der Waals surface area contributed by atoms with Crippen LogP contribution < -0.4 is 11.5 Å². The topological polar surface area (TPSA) is 72.3 Å². The molecule has 0 radical (unpaired) electrons. The standard InChI is InChI=1S/C12H18ClN3OS/c1-7(14)11(9-4-5-10(13)18-9)16-6-2-3-8(16)12(15)17/h4-5,7-8,11H,2-3,6,14H2,1H3,(H2,15,17). The van der Waals surface area contributed by atoms with E-state index in [0.717, 1.165) is 28.6 Å². The summed E-state index contributed by atoms with van der Waals surface area (Å²) in [5.41, 5.74) is 11.6. The Morgan fingerprint density at radius 3 is 2.83 bits per heavy atom. The summed E-state index contributed by atoms with van der Waals surface area (Å²) in [4.78, 5) is 14.7. The predicted molar refractivity (Wildman–Crippen MR) is 74.6 cm³/mol. The molecule has 0 aliphatic carbocycles. The Hall–Kier alpha value is -0.620. The molecule has 4 N–H and O–H groups in total. The van der Waals surface area contributed by atoms with Gasteiger partial charge in [-0.15, -0.1) is 11.3 Å². The van der Waals surface area contributed by atoms with E-state index >= 15 is 0 Å². The van der Waals surface area contributed by atoms with Gasteiger partial charge < -0.3 is 11.5 Å². The summed E-state index contributed by atoms with van der Waals surface area (Å²) in [7, 11) is 0. The van der Waals surface area contributed by atoms with Crippen LogP contribution in [0.5, 0.6) is 0 Å². The van der Waals surface area contributed by atoms with E-state index in [1.165, 1.54) is 11.3 Å². The molecule has 2 rings (SSSR count). The molecule has 4 nitrogen and oxygen atoms in total. The van der Waals surface area contributed by atoms with E-state index in [1.54, 1.807) is 0 Å². The summed E-state index contributed by atoms with van der Waals surface area (Å²) < 4.78 is 0.741. The highest BCUT2D eigenvalue weighted by molar-refractivity contribution is 7.16. The fourth-order valence-electron chi connectivity index (χ4n) is 2.64. The van der Waals surface area contributed by atoms with Crippen molar-refractivity contribution in [2.24, 2.45) is 11.5 Å². The molecular weight excluding hydrogens is 270 g/mol. The van der Waals surface area contributed by atoms with Gasteiger partial charge in [-0.2, -0.15) is 0 Å². The van der Waals surface area contributed by atoms with Gasteiger partial charge in [-0.1, -0.05) is 11.6 Å². The second kappa shape index (κ2) is 5.57. The van der Waals surface area contributed by atoms with E-state index in [-0.39, 0.29) is 24.0 Å². The van der Waals surface area contributed by atoms with Crippen LogP contribution >= 0.6 is 22.9 Å². The van der Waals surface area contributed by atoms with Crippen LogP contribution in [0.2, 0.25) is 4.34 Å². The van der Waals surface area contributed by atoms with Crippen LogP contribution in [0.3, 0.4) is 0 Å². The molecule has 3 unspecified atom stereocenters. The predicted octanol–water partition coefficient (Wildman–Crippen LogP) is 1.74. The van der Waals surface area contributed by atoms with Crippen LogP contribution in [0, 0.1) is 0 Å². The van der Waals surface area contributed by atoms with Gasteiger partial charge in [0.1, 0.15) is 0 Å². The number of hydrogen-bond acceptors (Lipinski definition) is 4. The number of nitrogens with two attached hydrogens (primary N) is 2. The molecule has 1 aliphatic rings. The molecule has 100 valence electrons. The highest BCUT2D eigenvalue weighted by atomic mass is 35.5. The van der Waals surface area contributed by atoms with E-state index in [1.807, 2.05) is 19.1 Å². The van der Waals surface area contributed by atoms with E-state index in [2.05, 4.69) is 4.90 Å².